The number of benzene rings is 2. The lowest BCUT2D eigenvalue weighted by atomic mass is 9.98. The van der Waals surface area contributed by atoms with Crippen LogP contribution in [0.4, 0.5) is 20.2 Å². The maximum atomic E-state index is 13.5. The number of nitrogens with one attached hydrogen (secondary N) is 2. The summed E-state index contributed by atoms with van der Waals surface area (Å²) < 4.78 is 26.4. The fourth-order valence-electron chi connectivity index (χ4n) is 2.37. The first-order chi connectivity index (χ1) is 10.9. The quantitative estimate of drug-likeness (QED) is 0.855. The lowest BCUT2D eigenvalue weighted by Crippen LogP contribution is -2.23. The third-order valence-corrected chi connectivity index (χ3v) is 3.56. The van der Waals surface area contributed by atoms with E-state index >= 15 is 0 Å². The van der Waals surface area contributed by atoms with Gasteiger partial charge in [0, 0.05) is 11.8 Å². The topological polar surface area (TPSA) is 41.1 Å². The maximum Gasteiger partial charge on any atom is 0.243 e. The van der Waals surface area contributed by atoms with E-state index in [4.69, 9.17) is 0 Å². The molecule has 0 atom stereocenters. The highest BCUT2D eigenvalue weighted by Crippen LogP contribution is 2.27. The van der Waals surface area contributed by atoms with E-state index < -0.39 is 17.5 Å². The van der Waals surface area contributed by atoms with E-state index in [2.05, 4.69) is 24.5 Å². The van der Waals surface area contributed by atoms with E-state index in [0.717, 1.165) is 28.9 Å². The van der Waals surface area contributed by atoms with E-state index in [9.17, 15) is 13.6 Å². The molecule has 3 nitrogen and oxygen atoms in total. The average molecular weight is 318 g/mol. The largest absolute Gasteiger partial charge is 0.376 e. The Hall–Kier alpha value is -2.43. The second kappa shape index (κ2) is 7.22. The number of amides is 1. The summed E-state index contributed by atoms with van der Waals surface area (Å²) in [5, 5.41) is 5.54. The first kappa shape index (κ1) is 16.9. The van der Waals surface area contributed by atoms with Gasteiger partial charge in [0.25, 0.3) is 0 Å². The molecule has 122 valence electrons. The molecule has 1 amide bonds. The van der Waals surface area contributed by atoms with E-state index in [1.807, 2.05) is 25.1 Å². The summed E-state index contributed by atoms with van der Waals surface area (Å²) in [5.74, 6) is -1.55. The highest BCUT2D eigenvalue weighted by molar-refractivity contribution is 5.94. The van der Waals surface area contributed by atoms with Gasteiger partial charge >= 0.3 is 0 Å². The van der Waals surface area contributed by atoms with Crippen LogP contribution in [0.25, 0.3) is 0 Å². The molecule has 0 aliphatic carbocycles. The van der Waals surface area contributed by atoms with Crippen LogP contribution < -0.4 is 10.6 Å². The average Bonchev–Trinajstić information content (AvgIpc) is 2.48. The van der Waals surface area contributed by atoms with Crippen molar-refractivity contribution in [3.63, 3.8) is 0 Å². The van der Waals surface area contributed by atoms with Gasteiger partial charge < -0.3 is 10.6 Å². The van der Waals surface area contributed by atoms with Gasteiger partial charge in [-0.05, 0) is 36.1 Å². The van der Waals surface area contributed by atoms with Gasteiger partial charge in [0.15, 0.2) is 0 Å². The molecule has 0 bridgehead atoms. The van der Waals surface area contributed by atoms with Crippen LogP contribution in [0.5, 0.6) is 0 Å². The fourth-order valence-corrected chi connectivity index (χ4v) is 2.37. The molecular formula is C18H20F2N2O. The molecule has 2 aromatic carbocycles. The van der Waals surface area contributed by atoms with Crippen LogP contribution in [0.3, 0.4) is 0 Å². The van der Waals surface area contributed by atoms with E-state index in [1.165, 1.54) is 6.07 Å². The van der Waals surface area contributed by atoms with Crippen molar-refractivity contribution in [3.8, 4) is 0 Å². The normalized spacial score (nSPS) is 10.7. The number of rotatable bonds is 5. The zero-order chi connectivity index (χ0) is 17.0. The molecule has 0 heterocycles. The summed E-state index contributed by atoms with van der Waals surface area (Å²) in [4.78, 5) is 12.0. The molecule has 2 rings (SSSR count). The van der Waals surface area contributed by atoms with Crippen molar-refractivity contribution in [3.05, 3.63) is 59.2 Å². The maximum absolute atomic E-state index is 13.5. The Balaban J connectivity index is 2.05. The summed E-state index contributed by atoms with van der Waals surface area (Å²) in [5.41, 5.74) is 3.03. The number of halogens is 2. The van der Waals surface area contributed by atoms with Crippen LogP contribution in [0.15, 0.2) is 36.4 Å². The molecule has 5 heteroatoms. The van der Waals surface area contributed by atoms with Crippen LogP contribution in [0.1, 0.15) is 30.9 Å². The third-order valence-electron chi connectivity index (χ3n) is 3.56. The van der Waals surface area contributed by atoms with Gasteiger partial charge in [-0.15, -0.1) is 0 Å². The van der Waals surface area contributed by atoms with Crippen LogP contribution in [-0.4, -0.2) is 12.5 Å². The van der Waals surface area contributed by atoms with Gasteiger partial charge in [-0.3, -0.25) is 4.79 Å². The van der Waals surface area contributed by atoms with Gasteiger partial charge in [-0.25, -0.2) is 8.78 Å². The number of hydrogen-bond acceptors (Lipinski definition) is 2. The Bertz CT molecular complexity index is 714. The summed E-state index contributed by atoms with van der Waals surface area (Å²) >= 11 is 0. The van der Waals surface area contributed by atoms with Crippen molar-refractivity contribution < 1.29 is 13.6 Å². The zero-order valence-electron chi connectivity index (χ0n) is 13.4. The Labute approximate surface area is 134 Å². The summed E-state index contributed by atoms with van der Waals surface area (Å²) in [6, 6.07) is 8.99. The number of aryl methyl sites for hydroxylation is 1. The molecule has 23 heavy (non-hydrogen) atoms. The van der Waals surface area contributed by atoms with Crippen LogP contribution in [-0.2, 0) is 4.79 Å². The summed E-state index contributed by atoms with van der Waals surface area (Å²) in [6.07, 6.45) is 0. The number of carbonyl (C=O) groups is 1. The first-order valence-electron chi connectivity index (χ1n) is 7.46. The fraction of sp³-hybridized carbons (Fsp3) is 0.278. The number of carbonyl (C=O) groups excluding carboxylic acids is 1. The van der Waals surface area contributed by atoms with Crippen molar-refractivity contribution in [1.82, 2.24) is 0 Å². The molecule has 0 saturated carbocycles. The standard InChI is InChI=1S/C18H20F2N2O/c1-11(2)14-6-4-5-12(3)18(14)21-10-17(23)22-16-8-7-13(19)9-15(16)20/h4-9,11,21H,10H2,1-3H3,(H,22,23). The lowest BCUT2D eigenvalue weighted by molar-refractivity contribution is -0.114. The first-order valence-corrected chi connectivity index (χ1v) is 7.46. The van der Waals surface area contributed by atoms with E-state index in [0.29, 0.717) is 5.92 Å². The monoisotopic (exact) mass is 318 g/mol. The van der Waals surface area contributed by atoms with Gasteiger partial charge in [0.2, 0.25) is 5.91 Å². The van der Waals surface area contributed by atoms with Crippen molar-refractivity contribution in [2.24, 2.45) is 0 Å². The van der Waals surface area contributed by atoms with Gasteiger partial charge in [-0.1, -0.05) is 32.0 Å². The minimum Gasteiger partial charge on any atom is -0.376 e. The highest BCUT2D eigenvalue weighted by Gasteiger charge is 2.12. The van der Waals surface area contributed by atoms with Gasteiger partial charge in [0.1, 0.15) is 11.6 Å². The molecule has 0 aliphatic heterocycles. The predicted molar refractivity (Wildman–Crippen MR) is 88.7 cm³/mol. The smallest absolute Gasteiger partial charge is 0.243 e. The van der Waals surface area contributed by atoms with Crippen LogP contribution in [0, 0.1) is 18.6 Å². The molecule has 0 spiro atoms. The zero-order valence-corrected chi connectivity index (χ0v) is 13.4. The SMILES string of the molecule is Cc1cccc(C(C)C)c1NCC(=O)Nc1ccc(F)cc1F. The molecule has 0 aliphatic rings. The lowest BCUT2D eigenvalue weighted by Gasteiger charge is -2.17. The van der Waals surface area contributed by atoms with Crippen molar-refractivity contribution in [2.75, 3.05) is 17.2 Å². The van der Waals surface area contributed by atoms with Crippen molar-refractivity contribution in [1.29, 1.82) is 0 Å². The summed E-state index contributed by atoms with van der Waals surface area (Å²) in [7, 11) is 0. The van der Waals surface area contributed by atoms with E-state index in [-0.39, 0.29) is 12.2 Å². The number of hydrogen-bond donors (Lipinski definition) is 2. The number of para-hydroxylation sites is 1. The van der Waals surface area contributed by atoms with Crippen molar-refractivity contribution in [2.45, 2.75) is 26.7 Å². The third kappa shape index (κ3) is 4.28. The summed E-state index contributed by atoms with van der Waals surface area (Å²) in [6.45, 7) is 6.12. The van der Waals surface area contributed by atoms with Gasteiger partial charge in [0.05, 0.1) is 12.2 Å². The molecule has 0 radical (unpaired) electrons. The number of anilines is 2. The van der Waals surface area contributed by atoms with Crippen LogP contribution in [0.2, 0.25) is 0 Å². The van der Waals surface area contributed by atoms with Gasteiger partial charge in [-0.2, -0.15) is 0 Å². The van der Waals surface area contributed by atoms with Crippen LogP contribution >= 0.6 is 0 Å². The second-order valence-electron chi connectivity index (χ2n) is 5.72. The Morgan fingerprint density at radius 3 is 2.57 bits per heavy atom. The molecule has 0 fully saturated rings. The highest BCUT2D eigenvalue weighted by atomic mass is 19.1. The Kier molecular flexibility index (Phi) is 5.32. The van der Waals surface area contributed by atoms with Crippen molar-refractivity contribution >= 4 is 17.3 Å². The molecule has 2 aromatic rings. The Morgan fingerprint density at radius 2 is 1.91 bits per heavy atom. The molecule has 0 saturated heterocycles. The molecular weight excluding hydrogens is 298 g/mol. The minimum atomic E-state index is -0.794. The molecule has 0 aromatic heterocycles. The van der Waals surface area contributed by atoms with E-state index in [1.54, 1.807) is 0 Å². The Morgan fingerprint density at radius 1 is 1.17 bits per heavy atom. The minimum absolute atomic E-state index is 0.00138. The second-order valence-corrected chi connectivity index (χ2v) is 5.72. The molecule has 0 unspecified atom stereocenters. The molecule has 2 N–H and O–H groups in total. The predicted octanol–water partition coefficient (Wildman–Crippen LogP) is 4.45.